The molecule has 0 spiro atoms. The fourth-order valence-corrected chi connectivity index (χ4v) is 2.57. The molecule has 1 unspecified atom stereocenters. The predicted octanol–water partition coefficient (Wildman–Crippen LogP) is 3.04. The number of carbonyl (C=O) groups is 2. The number of ether oxygens (including phenoxy) is 1. The van der Waals surface area contributed by atoms with Gasteiger partial charge in [-0.1, -0.05) is 23.7 Å². The van der Waals surface area contributed by atoms with E-state index in [1.54, 1.807) is 24.3 Å². The first-order valence-electron chi connectivity index (χ1n) is 6.31. The molecule has 1 saturated carbocycles. The molecule has 0 N–H and O–H groups in total. The normalized spacial score (nSPS) is 19.0. The third-order valence-corrected chi connectivity index (χ3v) is 4.36. The minimum absolute atomic E-state index is 0.141. The second-order valence-electron chi connectivity index (χ2n) is 4.91. The summed E-state index contributed by atoms with van der Waals surface area (Å²) in [5.41, 5.74) is 0.854. The van der Waals surface area contributed by atoms with Crippen LogP contribution in [0, 0.1) is 5.92 Å². The number of hydrogen-bond donors (Lipinski definition) is 0. The van der Waals surface area contributed by atoms with Gasteiger partial charge < -0.3 is 9.64 Å². The SMILES string of the molecule is COC(=O)CN(Cc1ccc(Cl)cc1)C(=O)C1CC1(Cl)Cl. The summed E-state index contributed by atoms with van der Waals surface area (Å²) < 4.78 is 3.60. The van der Waals surface area contributed by atoms with E-state index in [1.165, 1.54) is 12.0 Å². The van der Waals surface area contributed by atoms with Crippen molar-refractivity contribution in [1.29, 1.82) is 0 Å². The van der Waals surface area contributed by atoms with Crippen molar-refractivity contribution in [2.75, 3.05) is 13.7 Å². The quantitative estimate of drug-likeness (QED) is 0.606. The average molecular weight is 351 g/mol. The van der Waals surface area contributed by atoms with E-state index < -0.39 is 16.2 Å². The zero-order chi connectivity index (χ0) is 15.6. The molecular weight excluding hydrogens is 337 g/mol. The molecule has 0 aromatic heterocycles. The zero-order valence-electron chi connectivity index (χ0n) is 11.3. The number of nitrogens with zero attached hydrogens (tertiary/aromatic N) is 1. The Morgan fingerprint density at radius 2 is 1.90 bits per heavy atom. The molecule has 1 aromatic rings. The molecule has 0 aliphatic heterocycles. The van der Waals surface area contributed by atoms with Gasteiger partial charge in [-0.15, -0.1) is 23.2 Å². The van der Waals surface area contributed by atoms with Gasteiger partial charge in [0, 0.05) is 11.6 Å². The van der Waals surface area contributed by atoms with Crippen LogP contribution in [0.1, 0.15) is 12.0 Å². The maximum Gasteiger partial charge on any atom is 0.325 e. The molecule has 1 amide bonds. The molecular formula is C14H14Cl3NO3. The lowest BCUT2D eigenvalue weighted by atomic mass is 10.2. The van der Waals surface area contributed by atoms with Crippen molar-refractivity contribution in [1.82, 2.24) is 4.90 Å². The van der Waals surface area contributed by atoms with Crippen LogP contribution in [-0.2, 0) is 20.9 Å². The van der Waals surface area contributed by atoms with Crippen molar-refractivity contribution in [3.8, 4) is 0 Å². The van der Waals surface area contributed by atoms with E-state index >= 15 is 0 Å². The molecule has 7 heteroatoms. The van der Waals surface area contributed by atoms with Crippen molar-refractivity contribution in [3.05, 3.63) is 34.9 Å². The van der Waals surface area contributed by atoms with Crippen LogP contribution >= 0.6 is 34.8 Å². The topological polar surface area (TPSA) is 46.6 Å². The molecule has 114 valence electrons. The minimum Gasteiger partial charge on any atom is -0.468 e. The van der Waals surface area contributed by atoms with Crippen LogP contribution < -0.4 is 0 Å². The largest absolute Gasteiger partial charge is 0.468 e. The summed E-state index contributed by atoms with van der Waals surface area (Å²) >= 11 is 17.7. The Morgan fingerprint density at radius 1 is 1.33 bits per heavy atom. The fourth-order valence-electron chi connectivity index (χ4n) is 1.94. The predicted molar refractivity (Wildman–Crippen MR) is 81.4 cm³/mol. The summed E-state index contributed by atoms with van der Waals surface area (Å²) in [6, 6.07) is 7.03. The molecule has 1 atom stereocenters. The molecule has 1 aliphatic carbocycles. The monoisotopic (exact) mass is 349 g/mol. The number of rotatable bonds is 5. The maximum absolute atomic E-state index is 12.4. The highest BCUT2D eigenvalue weighted by Gasteiger charge is 2.57. The third-order valence-electron chi connectivity index (χ3n) is 3.27. The Kier molecular flexibility index (Phi) is 5.02. The highest BCUT2D eigenvalue weighted by Crippen LogP contribution is 2.54. The molecule has 1 aliphatic rings. The highest BCUT2D eigenvalue weighted by atomic mass is 35.5. The van der Waals surface area contributed by atoms with E-state index in [4.69, 9.17) is 34.8 Å². The Labute approximate surface area is 137 Å². The van der Waals surface area contributed by atoms with Crippen LogP contribution in [0.15, 0.2) is 24.3 Å². The number of hydrogen-bond acceptors (Lipinski definition) is 3. The van der Waals surface area contributed by atoms with Crippen molar-refractivity contribution in [2.45, 2.75) is 17.3 Å². The van der Waals surface area contributed by atoms with E-state index in [-0.39, 0.29) is 19.0 Å². The van der Waals surface area contributed by atoms with Crippen molar-refractivity contribution >= 4 is 46.7 Å². The first-order chi connectivity index (χ1) is 9.83. The summed E-state index contributed by atoms with van der Waals surface area (Å²) in [5, 5.41) is 0.604. The minimum atomic E-state index is -1.02. The van der Waals surface area contributed by atoms with E-state index in [2.05, 4.69) is 4.74 Å². The first kappa shape index (κ1) is 16.4. The van der Waals surface area contributed by atoms with Crippen molar-refractivity contribution in [2.24, 2.45) is 5.92 Å². The molecule has 0 heterocycles. The second kappa shape index (κ2) is 6.42. The van der Waals surface area contributed by atoms with Gasteiger partial charge >= 0.3 is 5.97 Å². The molecule has 0 saturated heterocycles. The second-order valence-corrected chi connectivity index (χ2v) is 6.89. The van der Waals surface area contributed by atoms with Gasteiger partial charge in [-0.25, -0.2) is 0 Å². The number of benzene rings is 1. The highest BCUT2D eigenvalue weighted by molar-refractivity contribution is 6.52. The summed E-state index contributed by atoms with van der Waals surface area (Å²) in [5.74, 6) is -1.22. The molecule has 0 bridgehead atoms. The van der Waals surface area contributed by atoms with E-state index in [1.807, 2.05) is 0 Å². The molecule has 2 rings (SSSR count). The lowest BCUT2D eigenvalue weighted by Gasteiger charge is -2.22. The van der Waals surface area contributed by atoms with Crippen LogP contribution in [0.4, 0.5) is 0 Å². The van der Waals surface area contributed by atoms with E-state index in [9.17, 15) is 9.59 Å². The smallest absolute Gasteiger partial charge is 0.325 e. The number of esters is 1. The van der Waals surface area contributed by atoms with Crippen LogP contribution in [0.2, 0.25) is 5.02 Å². The summed E-state index contributed by atoms with van der Waals surface area (Å²) in [4.78, 5) is 25.2. The molecule has 0 radical (unpaired) electrons. The van der Waals surface area contributed by atoms with Gasteiger partial charge in [0.1, 0.15) is 10.9 Å². The van der Waals surface area contributed by atoms with Gasteiger partial charge in [0.25, 0.3) is 0 Å². The number of carbonyl (C=O) groups excluding carboxylic acids is 2. The number of amides is 1. The summed E-state index contributed by atoms with van der Waals surface area (Å²) in [6.45, 7) is 0.129. The molecule has 1 aromatic carbocycles. The molecule has 4 nitrogen and oxygen atoms in total. The Balaban J connectivity index is 2.10. The lowest BCUT2D eigenvalue weighted by Crippen LogP contribution is -2.37. The Hall–Kier alpha value is -0.970. The van der Waals surface area contributed by atoms with Crippen molar-refractivity contribution < 1.29 is 14.3 Å². The van der Waals surface area contributed by atoms with Crippen LogP contribution in [-0.4, -0.2) is 34.8 Å². The summed E-state index contributed by atoms with van der Waals surface area (Å²) in [6.07, 6.45) is 0.396. The Morgan fingerprint density at radius 3 is 2.38 bits per heavy atom. The third kappa shape index (κ3) is 4.25. The number of halogens is 3. The van der Waals surface area contributed by atoms with Crippen LogP contribution in [0.25, 0.3) is 0 Å². The number of methoxy groups -OCH3 is 1. The van der Waals surface area contributed by atoms with Crippen molar-refractivity contribution in [3.63, 3.8) is 0 Å². The average Bonchev–Trinajstić information content (AvgIpc) is 3.08. The Bertz CT molecular complexity index is 545. The maximum atomic E-state index is 12.4. The van der Waals surface area contributed by atoms with E-state index in [0.717, 1.165) is 5.56 Å². The zero-order valence-corrected chi connectivity index (χ0v) is 13.6. The van der Waals surface area contributed by atoms with Gasteiger partial charge in [0.05, 0.1) is 13.0 Å². The summed E-state index contributed by atoms with van der Waals surface area (Å²) in [7, 11) is 1.28. The van der Waals surface area contributed by atoms with Gasteiger partial charge in [-0.2, -0.15) is 0 Å². The van der Waals surface area contributed by atoms with Crippen LogP contribution in [0.3, 0.4) is 0 Å². The van der Waals surface area contributed by atoms with Gasteiger partial charge in [-0.05, 0) is 24.1 Å². The van der Waals surface area contributed by atoms with Crippen LogP contribution in [0.5, 0.6) is 0 Å². The lowest BCUT2D eigenvalue weighted by molar-refractivity contribution is -0.147. The molecule has 21 heavy (non-hydrogen) atoms. The first-order valence-corrected chi connectivity index (χ1v) is 7.45. The number of alkyl halides is 2. The van der Waals surface area contributed by atoms with Gasteiger partial charge in [0.2, 0.25) is 5.91 Å². The van der Waals surface area contributed by atoms with Gasteiger partial charge in [0.15, 0.2) is 0 Å². The molecule has 1 fully saturated rings. The standard InChI is InChI=1S/C14H14Cl3NO3/c1-21-12(19)8-18(13(20)11-6-14(11,16)17)7-9-2-4-10(15)5-3-9/h2-5,11H,6-8H2,1H3. The van der Waals surface area contributed by atoms with E-state index in [0.29, 0.717) is 11.4 Å². The van der Waals surface area contributed by atoms with Gasteiger partial charge in [-0.3, -0.25) is 9.59 Å². The fraction of sp³-hybridized carbons (Fsp3) is 0.429.